The van der Waals surface area contributed by atoms with Gasteiger partial charge in [-0.1, -0.05) is 19.9 Å². The van der Waals surface area contributed by atoms with Gasteiger partial charge in [0.15, 0.2) is 0 Å². The molecule has 0 aromatic heterocycles. The molecule has 21 heavy (non-hydrogen) atoms. The van der Waals surface area contributed by atoms with Crippen LogP contribution in [0.15, 0.2) is 23.1 Å². The molecule has 0 atom stereocenters. The van der Waals surface area contributed by atoms with Gasteiger partial charge in [-0.25, -0.2) is 13.1 Å². The van der Waals surface area contributed by atoms with Crippen LogP contribution < -0.4 is 10.5 Å². The molecule has 1 fully saturated rings. The minimum absolute atomic E-state index is 0.0192. The maximum Gasteiger partial charge on any atom is 0.240 e. The summed E-state index contributed by atoms with van der Waals surface area (Å²) in [5, 5.41) is 0. The van der Waals surface area contributed by atoms with Crippen LogP contribution in [0.25, 0.3) is 0 Å². The summed E-state index contributed by atoms with van der Waals surface area (Å²) in [4.78, 5) is 0.381. The lowest BCUT2D eigenvalue weighted by Crippen LogP contribution is -2.40. The molecule has 0 spiro atoms. The normalized spacial score (nSPS) is 23.2. The lowest BCUT2D eigenvalue weighted by Gasteiger charge is -2.26. The van der Waals surface area contributed by atoms with E-state index in [9.17, 15) is 8.42 Å². The van der Waals surface area contributed by atoms with Gasteiger partial charge in [-0.15, -0.1) is 0 Å². The van der Waals surface area contributed by atoms with Crippen molar-refractivity contribution in [3.05, 3.63) is 29.3 Å². The number of rotatable bonds is 5. The minimum Gasteiger partial charge on any atom is -0.328 e. The van der Waals surface area contributed by atoms with Crippen LogP contribution in [0, 0.1) is 0 Å². The molecule has 1 aliphatic rings. The number of nitrogens with one attached hydrogen (secondary N) is 1. The number of nitrogens with two attached hydrogens (primary N) is 1. The average Bonchev–Trinajstić information content (AvgIpc) is 2.48. The van der Waals surface area contributed by atoms with Crippen molar-refractivity contribution in [3.63, 3.8) is 0 Å². The van der Waals surface area contributed by atoms with Crippen molar-refractivity contribution in [1.82, 2.24) is 4.72 Å². The molecule has 0 saturated heterocycles. The van der Waals surface area contributed by atoms with E-state index in [0.29, 0.717) is 4.90 Å². The van der Waals surface area contributed by atoms with Crippen molar-refractivity contribution < 1.29 is 8.42 Å². The van der Waals surface area contributed by atoms with Gasteiger partial charge < -0.3 is 5.73 Å². The summed E-state index contributed by atoms with van der Waals surface area (Å²) >= 11 is 0. The molecule has 0 amide bonds. The highest BCUT2D eigenvalue weighted by Gasteiger charge is 2.24. The van der Waals surface area contributed by atoms with Crippen molar-refractivity contribution in [2.24, 2.45) is 5.73 Å². The van der Waals surface area contributed by atoms with E-state index in [1.165, 1.54) is 5.56 Å². The molecule has 118 valence electrons. The number of benzene rings is 1. The summed E-state index contributed by atoms with van der Waals surface area (Å²) in [6, 6.07) is 5.71. The Morgan fingerprint density at radius 2 is 1.71 bits per heavy atom. The van der Waals surface area contributed by atoms with Crippen LogP contribution in [0.3, 0.4) is 0 Å². The minimum atomic E-state index is -3.43. The lowest BCUT2D eigenvalue weighted by molar-refractivity contribution is 0.373. The second-order valence-electron chi connectivity index (χ2n) is 5.87. The topological polar surface area (TPSA) is 72.2 Å². The molecule has 5 heteroatoms. The number of hydrogen-bond donors (Lipinski definition) is 2. The Kier molecular flexibility index (Phi) is 5.41. The fourth-order valence-electron chi connectivity index (χ4n) is 2.97. The molecule has 4 nitrogen and oxygen atoms in total. The third-order valence-corrected chi connectivity index (χ3v) is 5.86. The van der Waals surface area contributed by atoms with E-state index >= 15 is 0 Å². The van der Waals surface area contributed by atoms with Gasteiger partial charge in [0, 0.05) is 12.1 Å². The first kappa shape index (κ1) is 16.5. The van der Waals surface area contributed by atoms with Crippen molar-refractivity contribution in [2.75, 3.05) is 0 Å². The average molecular weight is 310 g/mol. The van der Waals surface area contributed by atoms with E-state index in [1.54, 1.807) is 6.07 Å². The van der Waals surface area contributed by atoms with Crippen LogP contribution in [-0.2, 0) is 22.9 Å². The smallest absolute Gasteiger partial charge is 0.240 e. The van der Waals surface area contributed by atoms with E-state index < -0.39 is 10.0 Å². The maximum absolute atomic E-state index is 12.5. The lowest BCUT2D eigenvalue weighted by atomic mass is 9.93. The molecule has 1 saturated carbocycles. The largest absolute Gasteiger partial charge is 0.328 e. The first-order chi connectivity index (χ1) is 9.96. The van der Waals surface area contributed by atoms with E-state index in [2.05, 4.69) is 18.6 Å². The van der Waals surface area contributed by atoms with Gasteiger partial charge in [0.2, 0.25) is 10.0 Å². The highest BCUT2D eigenvalue weighted by molar-refractivity contribution is 7.89. The first-order valence-corrected chi connectivity index (χ1v) is 9.34. The van der Waals surface area contributed by atoms with Crippen LogP contribution in [0.5, 0.6) is 0 Å². The van der Waals surface area contributed by atoms with Crippen molar-refractivity contribution in [3.8, 4) is 0 Å². The maximum atomic E-state index is 12.5. The molecular formula is C16H26N2O2S. The zero-order valence-electron chi connectivity index (χ0n) is 12.9. The Morgan fingerprint density at radius 3 is 2.29 bits per heavy atom. The second-order valence-corrected chi connectivity index (χ2v) is 7.58. The molecule has 1 aliphatic carbocycles. The quantitative estimate of drug-likeness (QED) is 0.877. The zero-order chi connectivity index (χ0) is 15.5. The summed E-state index contributed by atoms with van der Waals surface area (Å²) in [6.07, 6.45) is 5.22. The fourth-order valence-corrected chi connectivity index (χ4v) is 4.32. The molecule has 0 aliphatic heterocycles. The van der Waals surface area contributed by atoms with Crippen LogP contribution in [-0.4, -0.2) is 20.5 Å². The number of sulfonamides is 1. The van der Waals surface area contributed by atoms with Crippen molar-refractivity contribution in [2.45, 2.75) is 69.4 Å². The van der Waals surface area contributed by atoms with E-state index in [1.807, 2.05) is 12.1 Å². The fraction of sp³-hybridized carbons (Fsp3) is 0.625. The summed E-state index contributed by atoms with van der Waals surface area (Å²) < 4.78 is 27.9. The van der Waals surface area contributed by atoms with Gasteiger partial charge in [0.25, 0.3) is 0 Å². The van der Waals surface area contributed by atoms with Gasteiger partial charge in [-0.05, 0) is 61.8 Å². The molecule has 0 radical (unpaired) electrons. The van der Waals surface area contributed by atoms with Crippen LogP contribution in [0.1, 0.15) is 50.7 Å². The Hall–Kier alpha value is -0.910. The van der Waals surface area contributed by atoms with Gasteiger partial charge in [-0.2, -0.15) is 0 Å². The molecule has 0 unspecified atom stereocenters. The van der Waals surface area contributed by atoms with Crippen LogP contribution >= 0.6 is 0 Å². The third kappa shape index (κ3) is 4.05. The zero-order valence-corrected chi connectivity index (χ0v) is 13.7. The van der Waals surface area contributed by atoms with Crippen LogP contribution in [0.2, 0.25) is 0 Å². The summed E-state index contributed by atoms with van der Waals surface area (Å²) in [7, 11) is -3.43. The molecule has 2 rings (SSSR count). The second kappa shape index (κ2) is 6.90. The molecule has 1 aromatic rings. The Labute approximate surface area is 128 Å². The predicted octanol–water partition coefficient (Wildman–Crippen LogP) is 2.36. The van der Waals surface area contributed by atoms with Gasteiger partial charge in [0.1, 0.15) is 0 Å². The molecule has 3 N–H and O–H groups in total. The summed E-state index contributed by atoms with van der Waals surface area (Å²) in [6.45, 7) is 4.15. The number of hydrogen-bond acceptors (Lipinski definition) is 3. The van der Waals surface area contributed by atoms with E-state index in [-0.39, 0.29) is 12.1 Å². The molecular weight excluding hydrogens is 284 g/mol. The SMILES string of the molecule is CCc1ccc(S(=O)(=O)NC2CCC(N)CC2)cc1CC. The number of aryl methyl sites for hydroxylation is 2. The van der Waals surface area contributed by atoms with Crippen LogP contribution in [0.4, 0.5) is 0 Å². The highest BCUT2D eigenvalue weighted by Crippen LogP contribution is 2.21. The summed E-state index contributed by atoms with van der Waals surface area (Å²) in [5.41, 5.74) is 8.20. The van der Waals surface area contributed by atoms with Crippen molar-refractivity contribution in [1.29, 1.82) is 0 Å². The highest BCUT2D eigenvalue weighted by atomic mass is 32.2. The molecule has 0 bridgehead atoms. The standard InChI is InChI=1S/C16H26N2O2S/c1-3-12-5-10-16(11-13(12)4-2)21(19,20)18-15-8-6-14(17)7-9-15/h5,10-11,14-15,18H,3-4,6-9,17H2,1-2H3. The monoisotopic (exact) mass is 310 g/mol. The molecule has 1 aromatic carbocycles. The van der Waals surface area contributed by atoms with E-state index in [0.717, 1.165) is 44.1 Å². The first-order valence-electron chi connectivity index (χ1n) is 7.86. The molecule has 0 heterocycles. The predicted molar refractivity (Wildman–Crippen MR) is 85.8 cm³/mol. The Balaban J connectivity index is 2.15. The third-order valence-electron chi connectivity index (χ3n) is 4.34. The van der Waals surface area contributed by atoms with Gasteiger partial charge >= 0.3 is 0 Å². The Bertz CT molecular complexity index is 576. The summed E-state index contributed by atoms with van der Waals surface area (Å²) in [5.74, 6) is 0. The van der Waals surface area contributed by atoms with Gasteiger partial charge in [0.05, 0.1) is 4.90 Å². The Morgan fingerprint density at radius 1 is 1.10 bits per heavy atom. The van der Waals surface area contributed by atoms with Gasteiger partial charge in [-0.3, -0.25) is 0 Å². The van der Waals surface area contributed by atoms with Crippen molar-refractivity contribution >= 4 is 10.0 Å². The van der Waals surface area contributed by atoms with E-state index in [4.69, 9.17) is 5.73 Å².